The van der Waals surface area contributed by atoms with Crippen LogP contribution < -0.4 is 4.90 Å². The topological polar surface area (TPSA) is 8.17 Å². The summed E-state index contributed by atoms with van der Waals surface area (Å²) in [5.41, 5.74) is 17.0. The van der Waals surface area contributed by atoms with Gasteiger partial charge in [-0.05, 0) is 110 Å². The van der Waals surface area contributed by atoms with Gasteiger partial charge in [0, 0.05) is 33.2 Å². The number of benzene rings is 9. The molecule has 0 saturated carbocycles. The smallest absolute Gasteiger partial charge is 0.0541 e. The van der Waals surface area contributed by atoms with Gasteiger partial charge < -0.3 is 9.47 Å². The number of anilines is 3. The van der Waals surface area contributed by atoms with E-state index in [2.05, 4.69) is 230 Å². The zero-order valence-electron chi connectivity index (χ0n) is 32.0. The third-order valence-electron chi connectivity index (χ3n) is 12.1. The lowest BCUT2D eigenvalue weighted by molar-refractivity contribution is 0.661. The van der Waals surface area contributed by atoms with Gasteiger partial charge >= 0.3 is 0 Å². The Balaban J connectivity index is 1.13. The van der Waals surface area contributed by atoms with E-state index < -0.39 is 0 Å². The lowest BCUT2D eigenvalue weighted by Gasteiger charge is -2.32. The summed E-state index contributed by atoms with van der Waals surface area (Å²) in [6, 6.07) is 75.7. The van der Waals surface area contributed by atoms with Gasteiger partial charge in [0.1, 0.15) is 0 Å². The molecule has 10 aromatic rings. The molecule has 1 aromatic heterocycles. The quantitative estimate of drug-likeness (QED) is 0.165. The van der Waals surface area contributed by atoms with Crippen LogP contribution in [0.2, 0.25) is 0 Å². The highest BCUT2D eigenvalue weighted by molar-refractivity contribution is 6.10. The van der Waals surface area contributed by atoms with E-state index in [0.717, 1.165) is 17.1 Å². The average molecular weight is 729 g/mol. The van der Waals surface area contributed by atoms with Crippen LogP contribution in [0.3, 0.4) is 0 Å². The maximum absolute atomic E-state index is 2.48. The molecule has 0 N–H and O–H groups in total. The first kappa shape index (κ1) is 33.2. The summed E-state index contributed by atoms with van der Waals surface area (Å²) in [5, 5.41) is 4.97. The molecule has 9 aromatic carbocycles. The van der Waals surface area contributed by atoms with Crippen molar-refractivity contribution >= 4 is 49.6 Å². The molecule has 0 unspecified atom stereocenters. The Morgan fingerprint density at radius 3 is 1.77 bits per heavy atom. The second-order valence-corrected chi connectivity index (χ2v) is 15.8. The van der Waals surface area contributed by atoms with Crippen molar-refractivity contribution in [1.29, 1.82) is 0 Å². The summed E-state index contributed by atoms with van der Waals surface area (Å²) in [5.74, 6) is 0. The first-order valence-electron chi connectivity index (χ1n) is 19.9. The predicted molar refractivity (Wildman–Crippen MR) is 241 cm³/mol. The summed E-state index contributed by atoms with van der Waals surface area (Å²) in [6.07, 6.45) is 0. The fourth-order valence-corrected chi connectivity index (χ4v) is 9.54. The summed E-state index contributed by atoms with van der Waals surface area (Å²) in [7, 11) is 0. The highest BCUT2D eigenvalue weighted by Gasteiger charge is 2.38. The Hall–Kier alpha value is -7.16. The van der Waals surface area contributed by atoms with Gasteiger partial charge in [0.2, 0.25) is 0 Å². The highest BCUT2D eigenvalue weighted by Crippen LogP contribution is 2.54. The summed E-state index contributed by atoms with van der Waals surface area (Å²) < 4.78 is 2.43. The Kier molecular flexibility index (Phi) is 7.55. The van der Waals surface area contributed by atoms with E-state index in [1.54, 1.807) is 0 Å². The fraction of sp³-hybridized carbons (Fsp3) is 0.0545. The monoisotopic (exact) mass is 728 g/mol. The normalized spacial score (nSPS) is 12.9. The Morgan fingerprint density at radius 2 is 1.00 bits per heavy atom. The predicted octanol–water partition coefficient (Wildman–Crippen LogP) is 15.0. The van der Waals surface area contributed by atoms with Crippen molar-refractivity contribution in [2.75, 3.05) is 4.90 Å². The van der Waals surface area contributed by atoms with Gasteiger partial charge in [0.25, 0.3) is 0 Å². The molecule has 57 heavy (non-hydrogen) atoms. The van der Waals surface area contributed by atoms with Gasteiger partial charge in [-0.15, -0.1) is 0 Å². The molecular weight excluding hydrogens is 689 g/mol. The van der Waals surface area contributed by atoms with Crippen molar-refractivity contribution in [1.82, 2.24) is 4.57 Å². The molecule has 0 fully saturated rings. The summed E-state index contributed by atoms with van der Waals surface area (Å²) in [6.45, 7) is 4.75. The number of fused-ring (bicyclic) bond motifs is 7. The molecule has 2 heteroatoms. The minimum atomic E-state index is -0.185. The SMILES string of the molecule is CC1(C)c2ccccc2-c2cccc(N(c3ccc(-c4ccccc4)cc3)c3cccc(-c4cc(-n5c6ccccc6c6ccccc65)cc5ccccc45)c3)c21. The lowest BCUT2D eigenvalue weighted by atomic mass is 9.81. The van der Waals surface area contributed by atoms with E-state index in [1.807, 2.05) is 0 Å². The first-order chi connectivity index (χ1) is 28.0. The Bertz CT molecular complexity index is 3100. The molecular formula is C55H40N2. The van der Waals surface area contributed by atoms with Crippen LogP contribution in [0, 0.1) is 0 Å². The highest BCUT2D eigenvalue weighted by atomic mass is 15.1. The van der Waals surface area contributed by atoms with Crippen LogP contribution in [0.15, 0.2) is 206 Å². The molecule has 11 rings (SSSR count). The Morgan fingerprint density at radius 1 is 0.404 bits per heavy atom. The maximum atomic E-state index is 2.48. The molecule has 0 amide bonds. The average Bonchev–Trinajstić information content (AvgIpc) is 3.73. The van der Waals surface area contributed by atoms with Crippen LogP contribution in [0.25, 0.3) is 71.6 Å². The van der Waals surface area contributed by atoms with E-state index in [1.165, 1.54) is 82.8 Å². The molecule has 0 bridgehead atoms. The van der Waals surface area contributed by atoms with Crippen molar-refractivity contribution < 1.29 is 0 Å². The van der Waals surface area contributed by atoms with Gasteiger partial charge in [-0.3, -0.25) is 0 Å². The number of aromatic nitrogens is 1. The molecule has 0 atom stereocenters. The molecule has 0 saturated heterocycles. The standard InChI is InChI=1S/C55H40N2/c1-55(2)50-26-11-8-22-45(50)48-25-15-29-53(54(48)55)56(41-32-30-38(31-33-41)37-16-4-3-5-17-37)42-20-14-19-40(34-42)49-36-43(35-39-18-6-7-21-44(39)49)57-51-27-12-9-23-46(51)47-24-10-13-28-52(47)57/h3-36H,1-2H3. The second kappa shape index (κ2) is 13.0. The molecule has 0 aliphatic heterocycles. The van der Waals surface area contributed by atoms with E-state index in [0.29, 0.717) is 0 Å². The summed E-state index contributed by atoms with van der Waals surface area (Å²) >= 11 is 0. The minimum absolute atomic E-state index is 0.185. The molecule has 1 aliphatic rings. The van der Waals surface area contributed by atoms with Crippen molar-refractivity contribution in [2.24, 2.45) is 0 Å². The third kappa shape index (κ3) is 5.25. The number of hydrogen-bond acceptors (Lipinski definition) is 1. The van der Waals surface area contributed by atoms with Crippen LogP contribution in [-0.4, -0.2) is 4.57 Å². The number of nitrogens with zero attached hydrogens (tertiary/aromatic N) is 2. The fourth-order valence-electron chi connectivity index (χ4n) is 9.54. The molecule has 0 spiro atoms. The maximum Gasteiger partial charge on any atom is 0.0541 e. The first-order valence-corrected chi connectivity index (χ1v) is 19.9. The minimum Gasteiger partial charge on any atom is -0.310 e. The molecule has 0 radical (unpaired) electrons. The zero-order chi connectivity index (χ0) is 38.1. The van der Waals surface area contributed by atoms with Crippen LogP contribution in [0.5, 0.6) is 0 Å². The molecule has 1 heterocycles. The number of hydrogen-bond donors (Lipinski definition) is 0. The van der Waals surface area contributed by atoms with Crippen LogP contribution in [-0.2, 0) is 5.41 Å². The van der Waals surface area contributed by atoms with Crippen molar-refractivity contribution in [3.8, 4) is 39.1 Å². The zero-order valence-corrected chi connectivity index (χ0v) is 32.0. The molecule has 2 nitrogen and oxygen atoms in total. The van der Waals surface area contributed by atoms with Gasteiger partial charge in [0.05, 0.1) is 16.7 Å². The van der Waals surface area contributed by atoms with E-state index in [4.69, 9.17) is 0 Å². The third-order valence-corrected chi connectivity index (χ3v) is 12.1. The number of rotatable bonds is 6. The summed E-state index contributed by atoms with van der Waals surface area (Å²) in [4.78, 5) is 2.48. The van der Waals surface area contributed by atoms with Gasteiger partial charge in [0.15, 0.2) is 0 Å². The van der Waals surface area contributed by atoms with Gasteiger partial charge in [-0.2, -0.15) is 0 Å². The van der Waals surface area contributed by atoms with Crippen molar-refractivity contribution in [3.05, 3.63) is 217 Å². The van der Waals surface area contributed by atoms with E-state index in [9.17, 15) is 0 Å². The van der Waals surface area contributed by atoms with Gasteiger partial charge in [-0.1, -0.05) is 166 Å². The van der Waals surface area contributed by atoms with E-state index in [-0.39, 0.29) is 5.41 Å². The lowest BCUT2D eigenvalue weighted by Crippen LogP contribution is -2.20. The Labute approximate surface area is 333 Å². The van der Waals surface area contributed by atoms with Crippen molar-refractivity contribution in [2.45, 2.75) is 19.3 Å². The molecule has 1 aliphatic carbocycles. The van der Waals surface area contributed by atoms with Crippen LogP contribution in [0.4, 0.5) is 17.1 Å². The second-order valence-electron chi connectivity index (χ2n) is 15.8. The van der Waals surface area contributed by atoms with Crippen LogP contribution >= 0.6 is 0 Å². The van der Waals surface area contributed by atoms with E-state index >= 15 is 0 Å². The number of para-hydroxylation sites is 2. The largest absolute Gasteiger partial charge is 0.310 e. The van der Waals surface area contributed by atoms with Gasteiger partial charge in [-0.25, -0.2) is 0 Å². The van der Waals surface area contributed by atoms with Crippen molar-refractivity contribution in [3.63, 3.8) is 0 Å². The molecule has 270 valence electrons. The van der Waals surface area contributed by atoms with Crippen LogP contribution in [0.1, 0.15) is 25.0 Å².